The van der Waals surface area contributed by atoms with Crippen molar-refractivity contribution < 1.29 is 4.74 Å². The maximum Gasteiger partial charge on any atom is 0.191 e. The number of methoxy groups -OCH3 is 1. The number of rotatable bonds is 8. The van der Waals surface area contributed by atoms with E-state index in [1.54, 1.807) is 7.11 Å². The van der Waals surface area contributed by atoms with Crippen molar-refractivity contribution in [2.75, 3.05) is 64.4 Å². The highest BCUT2D eigenvalue weighted by molar-refractivity contribution is 5.77. The molecule has 25 heavy (non-hydrogen) atoms. The average Bonchev–Trinajstić information content (AvgIpc) is 2.67. The number of nitrogens with zero attached hydrogens (tertiary/aromatic N) is 4. The van der Waals surface area contributed by atoms with Crippen molar-refractivity contribution in [3.63, 3.8) is 0 Å². The molecule has 0 atom stereocenters. The molecule has 0 unspecified atom stereocenters. The minimum absolute atomic E-state index is 0.675. The molecule has 1 saturated heterocycles. The molecule has 2 rings (SSSR count). The van der Waals surface area contributed by atoms with E-state index in [4.69, 9.17) is 10.5 Å². The van der Waals surface area contributed by atoms with Gasteiger partial charge in [-0.05, 0) is 44.5 Å². The van der Waals surface area contributed by atoms with Crippen LogP contribution in [0.15, 0.2) is 29.3 Å². The molecule has 6 nitrogen and oxygen atoms in total. The smallest absolute Gasteiger partial charge is 0.191 e. The number of hydrogen-bond acceptors (Lipinski definition) is 4. The fourth-order valence-electron chi connectivity index (χ4n) is 3.16. The van der Waals surface area contributed by atoms with E-state index < -0.39 is 0 Å². The molecule has 0 aromatic heterocycles. The summed E-state index contributed by atoms with van der Waals surface area (Å²) in [6.07, 6.45) is 1.06. The third kappa shape index (κ3) is 5.81. The normalized spacial score (nSPS) is 16.1. The van der Waals surface area contributed by atoms with E-state index in [9.17, 15) is 0 Å². The molecule has 140 valence electrons. The number of benzene rings is 1. The van der Waals surface area contributed by atoms with Crippen molar-refractivity contribution in [2.24, 2.45) is 10.7 Å². The summed E-state index contributed by atoms with van der Waals surface area (Å²) in [6, 6.07) is 8.33. The van der Waals surface area contributed by atoms with Crippen LogP contribution in [-0.4, -0.2) is 75.2 Å². The van der Waals surface area contributed by atoms with E-state index >= 15 is 0 Å². The van der Waals surface area contributed by atoms with Crippen molar-refractivity contribution in [2.45, 2.75) is 20.3 Å². The monoisotopic (exact) mass is 347 g/mol. The highest BCUT2D eigenvalue weighted by Gasteiger charge is 2.16. The third-order valence-electron chi connectivity index (χ3n) is 4.80. The molecule has 1 aromatic rings. The van der Waals surface area contributed by atoms with Gasteiger partial charge in [0.05, 0.1) is 7.11 Å². The minimum atomic E-state index is 0.675. The molecule has 1 heterocycles. The Hall–Kier alpha value is -1.95. The van der Waals surface area contributed by atoms with Crippen LogP contribution in [0.25, 0.3) is 0 Å². The van der Waals surface area contributed by atoms with Gasteiger partial charge in [0.1, 0.15) is 5.75 Å². The number of piperazine rings is 1. The SMILES string of the molecule is CCN(CC)C(N)=NCCCN1CCN(c2ccc(OC)cc2)CC1. The zero-order chi connectivity index (χ0) is 18.1. The molecule has 0 spiro atoms. The van der Waals surface area contributed by atoms with Gasteiger partial charge in [0.25, 0.3) is 0 Å². The van der Waals surface area contributed by atoms with Crippen LogP contribution in [-0.2, 0) is 0 Å². The van der Waals surface area contributed by atoms with Crippen LogP contribution in [0.1, 0.15) is 20.3 Å². The van der Waals surface area contributed by atoms with Gasteiger partial charge in [0.2, 0.25) is 0 Å². The minimum Gasteiger partial charge on any atom is -0.497 e. The molecule has 0 amide bonds. The summed E-state index contributed by atoms with van der Waals surface area (Å²) in [7, 11) is 1.70. The van der Waals surface area contributed by atoms with Crippen LogP contribution in [0.3, 0.4) is 0 Å². The van der Waals surface area contributed by atoms with Gasteiger partial charge >= 0.3 is 0 Å². The number of aliphatic imine (C=N–C) groups is 1. The summed E-state index contributed by atoms with van der Waals surface area (Å²) in [5.74, 6) is 1.58. The van der Waals surface area contributed by atoms with Crippen LogP contribution in [0.2, 0.25) is 0 Å². The molecule has 1 aliphatic heterocycles. The molecule has 1 fully saturated rings. The summed E-state index contributed by atoms with van der Waals surface area (Å²) in [5, 5.41) is 0. The quantitative estimate of drug-likeness (QED) is 0.442. The largest absolute Gasteiger partial charge is 0.497 e. The van der Waals surface area contributed by atoms with E-state index in [0.717, 1.165) is 64.5 Å². The second-order valence-electron chi connectivity index (χ2n) is 6.29. The molecule has 0 saturated carbocycles. The topological polar surface area (TPSA) is 57.3 Å². The molecule has 0 aliphatic carbocycles. The Labute approximate surface area is 152 Å². The molecule has 0 radical (unpaired) electrons. The third-order valence-corrected chi connectivity index (χ3v) is 4.80. The van der Waals surface area contributed by atoms with Crippen molar-refractivity contribution in [1.82, 2.24) is 9.80 Å². The van der Waals surface area contributed by atoms with Gasteiger partial charge in [-0.3, -0.25) is 9.89 Å². The number of anilines is 1. The lowest BCUT2D eigenvalue weighted by Gasteiger charge is -2.36. The first-order valence-electron chi connectivity index (χ1n) is 9.34. The van der Waals surface area contributed by atoms with Crippen LogP contribution in [0.4, 0.5) is 5.69 Å². The number of ether oxygens (including phenoxy) is 1. The Balaban J connectivity index is 1.69. The van der Waals surface area contributed by atoms with Crippen molar-refractivity contribution in [3.8, 4) is 5.75 Å². The first kappa shape index (κ1) is 19.4. The van der Waals surface area contributed by atoms with Gasteiger partial charge < -0.3 is 20.3 Å². The number of nitrogens with two attached hydrogens (primary N) is 1. The Morgan fingerprint density at radius 3 is 2.32 bits per heavy atom. The van der Waals surface area contributed by atoms with Crippen molar-refractivity contribution in [1.29, 1.82) is 0 Å². The predicted molar refractivity (Wildman–Crippen MR) is 106 cm³/mol. The van der Waals surface area contributed by atoms with E-state index in [0.29, 0.717) is 5.96 Å². The molecule has 0 bridgehead atoms. The highest BCUT2D eigenvalue weighted by Crippen LogP contribution is 2.20. The van der Waals surface area contributed by atoms with Crippen LogP contribution in [0, 0.1) is 0 Å². The summed E-state index contributed by atoms with van der Waals surface area (Å²) in [5.41, 5.74) is 7.28. The van der Waals surface area contributed by atoms with Gasteiger partial charge in [0.15, 0.2) is 5.96 Å². The molecular weight excluding hydrogens is 314 g/mol. The summed E-state index contributed by atoms with van der Waals surface area (Å²) in [4.78, 5) is 11.5. The zero-order valence-electron chi connectivity index (χ0n) is 15.9. The van der Waals surface area contributed by atoms with Crippen LogP contribution < -0.4 is 15.4 Å². The maximum atomic E-state index is 6.01. The lowest BCUT2D eigenvalue weighted by atomic mass is 10.2. The number of guanidine groups is 1. The molecule has 1 aliphatic rings. The lowest BCUT2D eigenvalue weighted by Crippen LogP contribution is -2.46. The van der Waals surface area contributed by atoms with Gasteiger partial charge in [-0.2, -0.15) is 0 Å². The molecule has 2 N–H and O–H groups in total. The second kappa shape index (κ2) is 10.1. The Bertz CT molecular complexity index is 519. The standard InChI is InChI=1S/C19H33N5O/c1-4-23(5-2)19(20)21-11-6-12-22-13-15-24(16-14-22)17-7-9-18(25-3)10-8-17/h7-10H,4-6,11-16H2,1-3H3,(H2,20,21). The first-order valence-corrected chi connectivity index (χ1v) is 9.34. The number of hydrogen-bond donors (Lipinski definition) is 1. The van der Waals surface area contributed by atoms with Gasteiger partial charge in [-0.1, -0.05) is 0 Å². The first-order chi connectivity index (χ1) is 12.2. The van der Waals surface area contributed by atoms with Crippen molar-refractivity contribution >= 4 is 11.6 Å². The van der Waals surface area contributed by atoms with E-state index in [1.165, 1.54) is 5.69 Å². The predicted octanol–water partition coefficient (Wildman–Crippen LogP) is 1.86. The summed E-state index contributed by atoms with van der Waals surface area (Å²) >= 11 is 0. The molecule has 6 heteroatoms. The molecular formula is C19H33N5O. The Kier molecular flexibility index (Phi) is 7.85. The van der Waals surface area contributed by atoms with Gasteiger partial charge in [-0.15, -0.1) is 0 Å². The van der Waals surface area contributed by atoms with Crippen molar-refractivity contribution in [3.05, 3.63) is 24.3 Å². The van der Waals surface area contributed by atoms with Crippen LogP contribution >= 0.6 is 0 Å². The van der Waals surface area contributed by atoms with Gasteiger partial charge in [0, 0.05) is 58.0 Å². The lowest BCUT2D eigenvalue weighted by molar-refractivity contribution is 0.256. The fourth-order valence-corrected chi connectivity index (χ4v) is 3.16. The summed E-state index contributed by atoms with van der Waals surface area (Å²) in [6.45, 7) is 12.3. The molecule has 1 aromatic carbocycles. The highest BCUT2D eigenvalue weighted by atomic mass is 16.5. The van der Waals surface area contributed by atoms with Gasteiger partial charge in [-0.25, -0.2) is 0 Å². The Morgan fingerprint density at radius 2 is 1.76 bits per heavy atom. The van der Waals surface area contributed by atoms with E-state index in [2.05, 4.69) is 45.7 Å². The average molecular weight is 348 g/mol. The maximum absolute atomic E-state index is 6.01. The van der Waals surface area contributed by atoms with E-state index in [-0.39, 0.29) is 0 Å². The second-order valence-corrected chi connectivity index (χ2v) is 6.29. The zero-order valence-corrected chi connectivity index (χ0v) is 15.9. The Morgan fingerprint density at radius 1 is 1.12 bits per heavy atom. The summed E-state index contributed by atoms with van der Waals surface area (Å²) < 4.78 is 5.22. The fraction of sp³-hybridized carbons (Fsp3) is 0.632. The van der Waals surface area contributed by atoms with E-state index in [1.807, 2.05) is 12.1 Å². The van der Waals surface area contributed by atoms with Crippen LogP contribution in [0.5, 0.6) is 5.75 Å².